The highest BCUT2D eigenvalue weighted by Gasteiger charge is 2.35. The quantitative estimate of drug-likeness (QED) is 0.864. The summed E-state index contributed by atoms with van der Waals surface area (Å²) in [6.07, 6.45) is -3.11. The molecule has 0 radical (unpaired) electrons. The predicted molar refractivity (Wildman–Crippen MR) is 67.5 cm³/mol. The summed E-state index contributed by atoms with van der Waals surface area (Å²) >= 11 is 0. The van der Waals surface area contributed by atoms with E-state index in [9.17, 15) is 22.8 Å². The number of rotatable bonds is 6. The maximum Gasteiger partial charge on any atom is 0.422 e. The number of alkyl halides is 3. The van der Waals surface area contributed by atoms with Crippen molar-refractivity contribution in [2.75, 3.05) is 13.2 Å². The maximum absolute atomic E-state index is 12.2. The van der Waals surface area contributed by atoms with E-state index in [2.05, 4.69) is 9.72 Å². The number of aliphatic carboxylic acids is 1. The van der Waals surface area contributed by atoms with Gasteiger partial charge in [-0.2, -0.15) is 13.2 Å². The Kier molecular flexibility index (Phi) is 4.53. The minimum Gasteiger partial charge on any atom is -0.480 e. The third-order valence-corrected chi connectivity index (χ3v) is 2.88. The number of carbonyl (C=O) groups is 2. The van der Waals surface area contributed by atoms with Gasteiger partial charge >= 0.3 is 12.1 Å². The molecule has 0 aromatic carbocycles. The molecule has 1 saturated carbocycles. The first-order chi connectivity index (χ1) is 10.3. The molecule has 120 valence electrons. The Morgan fingerprint density at radius 1 is 1.36 bits per heavy atom. The average Bonchev–Trinajstić information content (AvgIpc) is 3.26. The number of carboxylic acids is 1. The largest absolute Gasteiger partial charge is 0.480 e. The maximum atomic E-state index is 12.2. The number of hydrogen-bond acceptors (Lipinski definition) is 4. The van der Waals surface area contributed by atoms with Crippen LogP contribution in [0.1, 0.15) is 23.3 Å². The van der Waals surface area contributed by atoms with E-state index >= 15 is 0 Å². The molecule has 6 nitrogen and oxygen atoms in total. The lowest BCUT2D eigenvalue weighted by Gasteiger charge is -2.19. The summed E-state index contributed by atoms with van der Waals surface area (Å²) in [7, 11) is 0. The van der Waals surface area contributed by atoms with Gasteiger partial charge in [0.1, 0.15) is 12.2 Å². The Balaban J connectivity index is 2.10. The molecule has 1 aliphatic rings. The molecule has 0 saturated heterocycles. The van der Waals surface area contributed by atoms with Crippen LogP contribution in [0.5, 0.6) is 5.88 Å². The lowest BCUT2D eigenvalue weighted by Crippen LogP contribution is -2.37. The third-order valence-electron chi connectivity index (χ3n) is 2.88. The summed E-state index contributed by atoms with van der Waals surface area (Å²) in [5.74, 6) is -2.14. The van der Waals surface area contributed by atoms with Crippen LogP contribution in [0, 0.1) is 0 Å². The zero-order valence-corrected chi connectivity index (χ0v) is 11.3. The van der Waals surface area contributed by atoms with Gasteiger partial charge in [-0.15, -0.1) is 0 Å². The highest BCUT2D eigenvalue weighted by molar-refractivity contribution is 5.94. The van der Waals surface area contributed by atoms with Crippen molar-refractivity contribution in [3.8, 4) is 5.88 Å². The number of amides is 1. The van der Waals surface area contributed by atoms with Crippen molar-refractivity contribution in [2.45, 2.75) is 25.1 Å². The van der Waals surface area contributed by atoms with E-state index in [4.69, 9.17) is 5.11 Å². The van der Waals surface area contributed by atoms with Gasteiger partial charge in [-0.05, 0) is 18.9 Å². The summed E-state index contributed by atoms with van der Waals surface area (Å²) in [5.41, 5.74) is -0.146. The van der Waals surface area contributed by atoms with Gasteiger partial charge < -0.3 is 14.7 Å². The van der Waals surface area contributed by atoms with Crippen molar-refractivity contribution in [3.05, 3.63) is 23.9 Å². The van der Waals surface area contributed by atoms with Crippen LogP contribution in [0.15, 0.2) is 18.2 Å². The van der Waals surface area contributed by atoms with Crippen molar-refractivity contribution >= 4 is 11.9 Å². The first-order valence-electron chi connectivity index (χ1n) is 6.45. The number of nitrogens with zero attached hydrogens (tertiary/aromatic N) is 2. The molecule has 1 N–H and O–H groups in total. The molecule has 9 heteroatoms. The topological polar surface area (TPSA) is 79.7 Å². The van der Waals surface area contributed by atoms with E-state index in [1.165, 1.54) is 18.2 Å². The van der Waals surface area contributed by atoms with Gasteiger partial charge in [0.05, 0.1) is 0 Å². The van der Waals surface area contributed by atoms with Gasteiger partial charge in [0.2, 0.25) is 5.88 Å². The fourth-order valence-corrected chi connectivity index (χ4v) is 1.82. The molecule has 0 bridgehead atoms. The van der Waals surface area contributed by atoms with Crippen LogP contribution in [0.3, 0.4) is 0 Å². The van der Waals surface area contributed by atoms with E-state index in [0.29, 0.717) is 12.8 Å². The van der Waals surface area contributed by atoms with Gasteiger partial charge in [-0.1, -0.05) is 6.07 Å². The van der Waals surface area contributed by atoms with Crippen LogP contribution in [-0.2, 0) is 4.79 Å². The molecular formula is C13H13F3N2O4. The molecule has 1 aromatic heterocycles. The lowest BCUT2D eigenvalue weighted by atomic mass is 10.3. The van der Waals surface area contributed by atoms with E-state index < -0.39 is 31.2 Å². The Morgan fingerprint density at radius 2 is 2.05 bits per heavy atom. The van der Waals surface area contributed by atoms with Crippen LogP contribution in [-0.4, -0.2) is 52.2 Å². The summed E-state index contributed by atoms with van der Waals surface area (Å²) in [5, 5.41) is 8.82. The second-order valence-electron chi connectivity index (χ2n) is 4.82. The highest BCUT2D eigenvalue weighted by atomic mass is 19.4. The molecule has 2 rings (SSSR count). The molecule has 0 atom stereocenters. The number of hydrogen-bond donors (Lipinski definition) is 1. The Labute approximate surface area is 123 Å². The van der Waals surface area contributed by atoms with Gasteiger partial charge in [0, 0.05) is 12.1 Å². The van der Waals surface area contributed by atoms with Crippen molar-refractivity contribution < 1.29 is 32.6 Å². The number of aromatic nitrogens is 1. The minimum atomic E-state index is -4.51. The van der Waals surface area contributed by atoms with Crippen molar-refractivity contribution in [3.63, 3.8) is 0 Å². The third kappa shape index (κ3) is 4.61. The summed E-state index contributed by atoms with van der Waals surface area (Å²) in [6, 6.07) is 3.67. The highest BCUT2D eigenvalue weighted by Crippen LogP contribution is 2.28. The Bertz CT molecular complexity index is 573. The van der Waals surface area contributed by atoms with Crippen LogP contribution in [0.4, 0.5) is 13.2 Å². The SMILES string of the molecule is O=C(O)CN(C(=O)c1cccc(OCC(F)(F)F)n1)C1CC1. The molecule has 0 unspecified atom stereocenters. The van der Waals surface area contributed by atoms with E-state index in [-0.39, 0.29) is 17.6 Å². The minimum absolute atomic E-state index is 0.146. The number of carboxylic acid groups (broad SMARTS) is 1. The molecule has 1 amide bonds. The van der Waals surface area contributed by atoms with Gasteiger partial charge in [-0.3, -0.25) is 9.59 Å². The Morgan fingerprint density at radius 3 is 2.59 bits per heavy atom. The molecule has 0 aliphatic heterocycles. The normalized spacial score (nSPS) is 14.5. The second-order valence-corrected chi connectivity index (χ2v) is 4.82. The fraction of sp³-hybridized carbons (Fsp3) is 0.462. The van der Waals surface area contributed by atoms with Crippen LogP contribution in [0.2, 0.25) is 0 Å². The first-order valence-corrected chi connectivity index (χ1v) is 6.45. The lowest BCUT2D eigenvalue weighted by molar-refractivity contribution is -0.154. The van der Waals surface area contributed by atoms with E-state index in [0.717, 1.165) is 4.90 Å². The first kappa shape index (κ1) is 16.1. The van der Waals surface area contributed by atoms with E-state index in [1.54, 1.807) is 0 Å². The predicted octanol–water partition coefficient (Wildman–Crippen LogP) is 1.71. The van der Waals surface area contributed by atoms with Crippen LogP contribution >= 0.6 is 0 Å². The van der Waals surface area contributed by atoms with Gasteiger partial charge in [-0.25, -0.2) is 4.98 Å². The molecular weight excluding hydrogens is 305 g/mol. The zero-order chi connectivity index (χ0) is 16.3. The standard InChI is InChI=1S/C13H13F3N2O4/c14-13(15,16)7-22-10-3-1-2-9(17-10)12(21)18(6-11(19)20)8-4-5-8/h1-3,8H,4-7H2,(H,19,20). The van der Waals surface area contributed by atoms with Crippen molar-refractivity contribution in [1.82, 2.24) is 9.88 Å². The molecule has 1 aliphatic carbocycles. The number of carbonyl (C=O) groups excluding carboxylic acids is 1. The van der Waals surface area contributed by atoms with Gasteiger partial charge in [0.25, 0.3) is 5.91 Å². The summed E-state index contributed by atoms with van der Waals surface area (Å²) in [4.78, 5) is 27.9. The molecule has 1 fully saturated rings. The molecule has 1 heterocycles. The van der Waals surface area contributed by atoms with Gasteiger partial charge in [0.15, 0.2) is 6.61 Å². The average molecular weight is 318 g/mol. The van der Waals surface area contributed by atoms with E-state index in [1.807, 2.05) is 0 Å². The zero-order valence-electron chi connectivity index (χ0n) is 11.3. The molecule has 1 aromatic rings. The summed E-state index contributed by atoms with van der Waals surface area (Å²) in [6.45, 7) is -1.99. The second kappa shape index (κ2) is 6.20. The monoisotopic (exact) mass is 318 g/mol. The molecule has 0 spiro atoms. The van der Waals surface area contributed by atoms with Crippen molar-refractivity contribution in [2.24, 2.45) is 0 Å². The van der Waals surface area contributed by atoms with Crippen LogP contribution < -0.4 is 4.74 Å². The van der Waals surface area contributed by atoms with Crippen molar-refractivity contribution in [1.29, 1.82) is 0 Å². The molecule has 22 heavy (non-hydrogen) atoms. The Hall–Kier alpha value is -2.32. The number of halogens is 3. The number of ether oxygens (including phenoxy) is 1. The smallest absolute Gasteiger partial charge is 0.422 e. The van der Waals surface area contributed by atoms with Crippen LogP contribution in [0.25, 0.3) is 0 Å². The summed E-state index contributed by atoms with van der Waals surface area (Å²) < 4.78 is 40.8. The fourth-order valence-electron chi connectivity index (χ4n) is 1.82. The number of pyridine rings is 1.